The first-order valence-corrected chi connectivity index (χ1v) is 9.53. The molecule has 1 fully saturated rings. The lowest BCUT2D eigenvalue weighted by Gasteiger charge is -2.36. The van der Waals surface area contributed by atoms with E-state index in [1.165, 1.54) is 17.0 Å². The number of nitrogens with zero attached hydrogens (tertiary/aromatic N) is 3. The zero-order chi connectivity index (χ0) is 17.8. The maximum Gasteiger partial charge on any atom is 0.265 e. The summed E-state index contributed by atoms with van der Waals surface area (Å²) in [5.41, 5.74) is 1.99. The average molecular weight is 364 g/mol. The standard InChI is InChI=1S/C20H20N4OS/c25-20(18-7-4-14-26-18)22-16-8-9-19(21-15-16)24-12-10-23(11-13-24)17-5-2-1-3-6-17/h1-9,14-15H,10-13H2,(H,22,25). The predicted octanol–water partition coefficient (Wildman–Crippen LogP) is 3.72. The van der Waals surface area contributed by atoms with Gasteiger partial charge in [0, 0.05) is 31.9 Å². The minimum Gasteiger partial charge on any atom is -0.368 e. The monoisotopic (exact) mass is 364 g/mol. The van der Waals surface area contributed by atoms with Crippen LogP contribution < -0.4 is 15.1 Å². The first-order valence-electron chi connectivity index (χ1n) is 8.65. The molecule has 1 aliphatic heterocycles. The molecule has 0 unspecified atom stereocenters. The molecule has 132 valence electrons. The molecule has 2 aromatic heterocycles. The molecule has 0 atom stereocenters. The van der Waals surface area contributed by atoms with Crippen LogP contribution in [0.4, 0.5) is 17.2 Å². The van der Waals surface area contributed by atoms with Crippen LogP contribution in [0.2, 0.25) is 0 Å². The van der Waals surface area contributed by atoms with Gasteiger partial charge in [-0.3, -0.25) is 4.79 Å². The number of hydrogen-bond acceptors (Lipinski definition) is 5. The van der Waals surface area contributed by atoms with Crippen molar-refractivity contribution in [2.45, 2.75) is 0 Å². The summed E-state index contributed by atoms with van der Waals surface area (Å²) in [5, 5.41) is 4.78. The van der Waals surface area contributed by atoms with Crippen LogP contribution in [0.25, 0.3) is 0 Å². The Balaban J connectivity index is 1.35. The Labute approximate surface area is 156 Å². The number of anilines is 3. The number of thiophene rings is 1. The SMILES string of the molecule is O=C(Nc1ccc(N2CCN(c3ccccc3)CC2)nc1)c1cccs1. The third-order valence-corrected chi connectivity index (χ3v) is 5.34. The van der Waals surface area contributed by atoms with Gasteiger partial charge in [0.2, 0.25) is 0 Å². The van der Waals surface area contributed by atoms with Gasteiger partial charge >= 0.3 is 0 Å². The summed E-state index contributed by atoms with van der Waals surface area (Å²) in [5.74, 6) is 0.859. The van der Waals surface area contributed by atoms with E-state index in [1.54, 1.807) is 6.20 Å². The number of carbonyl (C=O) groups excluding carboxylic acids is 1. The van der Waals surface area contributed by atoms with Crippen molar-refractivity contribution >= 4 is 34.4 Å². The number of hydrogen-bond donors (Lipinski definition) is 1. The second-order valence-corrected chi connectivity index (χ2v) is 7.09. The summed E-state index contributed by atoms with van der Waals surface area (Å²) in [6.07, 6.45) is 1.73. The molecule has 0 radical (unpaired) electrons. The maximum absolute atomic E-state index is 12.1. The minimum atomic E-state index is -0.0916. The maximum atomic E-state index is 12.1. The van der Waals surface area contributed by atoms with Gasteiger partial charge in [0.05, 0.1) is 16.8 Å². The number of amides is 1. The molecule has 0 aliphatic carbocycles. The Morgan fingerprint density at radius 3 is 2.35 bits per heavy atom. The summed E-state index contributed by atoms with van der Waals surface area (Å²) >= 11 is 1.43. The molecule has 3 aromatic rings. The highest BCUT2D eigenvalue weighted by Gasteiger charge is 2.18. The highest BCUT2D eigenvalue weighted by atomic mass is 32.1. The van der Waals surface area contributed by atoms with E-state index in [0.717, 1.165) is 37.7 Å². The molecule has 0 spiro atoms. The quantitative estimate of drug-likeness (QED) is 0.766. The molecule has 5 nitrogen and oxygen atoms in total. The third-order valence-electron chi connectivity index (χ3n) is 4.48. The largest absolute Gasteiger partial charge is 0.368 e. The number of carbonyl (C=O) groups is 1. The zero-order valence-electron chi connectivity index (χ0n) is 14.3. The Bertz CT molecular complexity index is 841. The fourth-order valence-corrected chi connectivity index (χ4v) is 3.70. The number of aromatic nitrogens is 1. The van der Waals surface area contributed by atoms with Gasteiger partial charge in [-0.2, -0.15) is 0 Å². The normalized spacial score (nSPS) is 14.3. The van der Waals surface area contributed by atoms with Gasteiger partial charge in [0.15, 0.2) is 0 Å². The molecule has 1 aromatic carbocycles. The van der Waals surface area contributed by atoms with E-state index in [-0.39, 0.29) is 5.91 Å². The zero-order valence-corrected chi connectivity index (χ0v) is 15.2. The Hall–Kier alpha value is -2.86. The van der Waals surface area contributed by atoms with Crippen molar-refractivity contribution in [3.05, 3.63) is 71.1 Å². The molecular formula is C20H20N4OS. The Morgan fingerprint density at radius 1 is 0.923 bits per heavy atom. The van der Waals surface area contributed by atoms with Crippen LogP contribution in [0.1, 0.15) is 9.67 Å². The molecule has 1 aliphatic rings. The number of nitrogens with one attached hydrogen (secondary N) is 1. The van der Waals surface area contributed by atoms with Crippen LogP contribution in [0.3, 0.4) is 0 Å². The summed E-state index contributed by atoms with van der Waals surface area (Å²) in [6, 6.07) is 18.1. The van der Waals surface area contributed by atoms with Gasteiger partial charge in [-0.15, -0.1) is 11.3 Å². The number of para-hydroxylation sites is 1. The lowest BCUT2D eigenvalue weighted by Crippen LogP contribution is -2.46. The van der Waals surface area contributed by atoms with Crippen molar-refractivity contribution in [2.75, 3.05) is 41.3 Å². The molecule has 1 amide bonds. The highest BCUT2D eigenvalue weighted by molar-refractivity contribution is 7.12. The Morgan fingerprint density at radius 2 is 1.69 bits per heavy atom. The van der Waals surface area contributed by atoms with E-state index in [0.29, 0.717) is 4.88 Å². The lowest BCUT2D eigenvalue weighted by molar-refractivity contribution is 0.103. The van der Waals surface area contributed by atoms with Crippen LogP contribution in [-0.4, -0.2) is 37.1 Å². The summed E-state index contributed by atoms with van der Waals surface area (Å²) < 4.78 is 0. The van der Waals surface area contributed by atoms with Crippen molar-refractivity contribution < 1.29 is 4.79 Å². The first-order chi connectivity index (χ1) is 12.8. The lowest BCUT2D eigenvalue weighted by atomic mass is 10.2. The molecular weight excluding hydrogens is 344 g/mol. The van der Waals surface area contributed by atoms with Crippen molar-refractivity contribution in [3.63, 3.8) is 0 Å². The van der Waals surface area contributed by atoms with Crippen molar-refractivity contribution in [1.29, 1.82) is 0 Å². The molecule has 1 N–H and O–H groups in total. The van der Waals surface area contributed by atoms with Crippen LogP contribution >= 0.6 is 11.3 Å². The minimum absolute atomic E-state index is 0.0916. The van der Waals surface area contributed by atoms with Crippen molar-refractivity contribution in [2.24, 2.45) is 0 Å². The van der Waals surface area contributed by atoms with E-state index in [4.69, 9.17) is 0 Å². The Kier molecular flexibility index (Phi) is 4.84. The van der Waals surface area contributed by atoms with E-state index < -0.39 is 0 Å². The molecule has 3 heterocycles. The molecule has 6 heteroatoms. The van der Waals surface area contributed by atoms with E-state index in [1.807, 2.05) is 35.7 Å². The van der Waals surface area contributed by atoms with E-state index >= 15 is 0 Å². The molecule has 1 saturated heterocycles. The molecule has 4 rings (SSSR count). The van der Waals surface area contributed by atoms with Gasteiger partial charge < -0.3 is 15.1 Å². The second kappa shape index (κ2) is 7.58. The van der Waals surface area contributed by atoms with Crippen LogP contribution in [0.5, 0.6) is 0 Å². The summed E-state index contributed by atoms with van der Waals surface area (Å²) in [7, 11) is 0. The van der Waals surface area contributed by atoms with Crippen LogP contribution in [0.15, 0.2) is 66.2 Å². The third kappa shape index (κ3) is 3.70. The van der Waals surface area contributed by atoms with Gasteiger partial charge in [-0.05, 0) is 35.7 Å². The topological polar surface area (TPSA) is 48.5 Å². The molecule has 26 heavy (non-hydrogen) atoms. The average Bonchev–Trinajstić information content (AvgIpc) is 3.25. The first kappa shape index (κ1) is 16.6. The van der Waals surface area contributed by atoms with Gasteiger partial charge in [0.25, 0.3) is 5.91 Å². The van der Waals surface area contributed by atoms with Crippen molar-refractivity contribution in [1.82, 2.24) is 4.98 Å². The molecule has 0 saturated carbocycles. The second-order valence-electron chi connectivity index (χ2n) is 6.15. The van der Waals surface area contributed by atoms with Crippen molar-refractivity contribution in [3.8, 4) is 0 Å². The van der Waals surface area contributed by atoms with Gasteiger partial charge in [-0.25, -0.2) is 4.98 Å². The summed E-state index contributed by atoms with van der Waals surface area (Å²) in [4.78, 5) is 22.0. The van der Waals surface area contributed by atoms with Crippen LogP contribution in [-0.2, 0) is 0 Å². The fraction of sp³-hybridized carbons (Fsp3) is 0.200. The number of rotatable bonds is 4. The number of piperazine rings is 1. The molecule has 0 bridgehead atoms. The van der Waals surface area contributed by atoms with E-state index in [2.05, 4.69) is 44.4 Å². The number of pyridine rings is 1. The number of benzene rings is 1. The summed E-state index contributed by atoms with van der Waals surface area (Å²) in [6.45, 7) is 3.82. The van der Waals surface area contributed by atoms with Crippen LogP contribution in [0, 0.1) is 0 Å². The van der Waals surface area contributed by atoms with Gasteiger partial charge in [0.1, 0.15) is 5.82 Å². The smallest absolute Gasteiger partial charge is 0.265 e. The highest BCUT2D eigenvalue weighted by Crippen LogP contribution is 2.20. The predicted molar refractivity (Wildman–Crippen MR) is 107 cm³/mol. The van der Waals surface area contributed by atoms with Gasteiger partial charge in [-0.1, -0.05) is 24.3 Å². The fourth-order valence-electron chi connectivity index (χ4n) is 3.08. The van der Waals surface area contributed by atoms with E-state index in [9.17, 15) is 4.79 Å².